The molecule has 0 N–H and O–H groups in total. The first-order chi connectivity index (χ1) is 19.5. The molecule has 5 rings (SSSR count). The third kappa shape index (κ3) is 5.50. The SMILES string of the molecule is CN(C)C=Nc1c([C@@H]2O[C@H](CO[Si](c3ccccc3)(c3ccccc3)C(C)(C)C)[C@H]3OC(C)(C)O[C@H]32)coc1C#N. The van der Waals surface area contributed by atoms with Crippen LogP contribution in [0.3, 0.4) is 0 Å². The van der Waals surface area contributed by atoms with Crippen molar-refractivity contribution in [2.45, 2.75) is 69.9 Å². The summed E-state index contributed by atoms with van der Waals surface area (Å²) in [5, 5.41) is 11.9. The summed E-state index contributed by atoms with van der Waals surface area (Å²) in [6.45, 7) is 10.9. The molecule has 9 heteroatoms. The number of nitriles is 1. The molecule has 1 aromatic heterocycles. The molecule has 2 aromatic carbocycles. The number of fused-ring (bicyclic) bond motifs is 1. The van der Waals surface area contributed by atoms with E-state index in [0.29, 0.717) is 17.9 Å². The van der Waals surface area contributed by atoms with Crippen LogP contribution in [0.4, 0.5) is 5.69 Å². The van der Waals surface area contributed by atoms with Crippen LogP contribution in [-0.2, 0) is 18.6 Å². The summed E-state index contributed by atoms with van der Waals surface area (Å²) < 4.78 is 32.3. The van der Waals surface area contributed by atoms with Crippen LogP contribution in [0.15, 0.2) is 76.3 Å². The zero-order valence-electron chi connectivity index (χ0n) is 24.8. The molecule has 2 fully saturated rings. The molecule has 0 radical (unpaired) electrons. The molecule has 2 saturated heterocycles. The van der Waals surface area contributed by atoms with Crippen molar-refractivity contribution >= 4 is 30.7 Å². The molecular formula is C32H39N3O5Si. The molecule has 0 unspecified atom stereocenters. The normalized spacial score (nSPS) is 24.0. The van der Waals surface area contributed by atoms with E-state index in [2.05, 4.69) is 80.4 Å². The number of aliphatic imine (C=N–C) groups is 1. The number of rotatable bonds is 8. The number of hydrogen-bond donors (Lipinski definition) is 0. The molecule has 8 nitrogen and oxygen atoms in total. The van der Waals surface area contributed by atoms with Gasteiger partial charge in [0.1, 0.15) is 42.4 Å². The van der Waals surface area contributed by atoms with Crippen molar-refractivity contribution in [3.8, 4) is 6.07 Å². The van der Waals surface area contributed by atoms with Gasteiger partial charge in [-0.15, -0.1) is 0 Å². The van der Waals surface area contributed by atoms with E-state index < -0.39 is 32.4 Å². The Labute approximate surface area is 243 Å². The topological polar surface area (TPSA) is 89.5 Å². The Hall–Kier alpha value is -3.26. The third-order valence-electron chi connectivity index (χ3n) is 7.65. The molecule has 0 bridgehead atoms. The molecule has 0 spiro atoms. The molecule has 4 atom stereocenters. The average molecular weight is 574 g/mol. The van der Waals surface area contributed by atoms with Gasteiger partial charge in [0.2, 0.25) is 5.76 Å². The van der Waals surface area contributed by atoms with E-state index in [1.165, 1.54) is 10.4 Å². The minimum absolute atomic E-state index is 0.128. The van der Waals surface area contributed by atoms with Crippen LogP contribution in [0.25, 0.3) is 0 Å². The Morgan fingerprint density at radius 2 is 1.59 bits per heavy atom. The van der Waals surface area contributed by atoms with Crippen molar-refractivity contribution in [1.82, 2.24) is 4.90 Å². The van der Waals surface area contributed by atoms with E-state index in [9.17, 15) is 5.26 Å². The Kier molecular flexibility index (Phi) is 7.98. The maximum Gasteiger partial charge on any atom is 0.261 e. The Morgan fingerprint density at radius 3 is 2.12 bits per heavy atom. The summed E-state index contributed by atoms with van der Waals surface area (Å²) in [5.41, 5.74) is 1.09. The van der Waals surface area contributed by atoms with E-state index in [-0.39, 0.29) is 16.9 Å². The summed E-state index contributed by atoms with van der Waals surface area (Å²) in [6, 6.07) is 23.2. The molecule has 0 amide bonds. The van der Waals surface area contributed by atoms with Crippen LogP contribution in [0, 0.1) is 11.3 Å². The van der Waals surface area contributed by atoms with Gasteiger partial charge in [-0.3, -0.25) is 0 Å². The number of furan rings is 1. The quantitative estimate of drug-likeness (QED) is 0.215. The fourth-order valence-electron chi connectivity index (χ4n) is 5.99. The van der Waals surface area contributed by atoms with Gasteiger partial charge in [-0.2, -0.15) is 5.26 Å². The second-order valence-electron chi connectivity index (χ2n) is 12.3. The van der Waals surface area contributed by atoms with Gasteiger partial charge in [0, 0.05) is 19.7 Å². The molecule has 216 valence electrons. The molecule has 0 aliphatic carbocycles. The summed E-state index contributed by atoms with van der Waals surface area (Å²) in [4.78, 5) is 6.34. The van der Waals surface area contributed by atoms with Crippen molar-refractivity contribution in [1.29, 1.82) is 5.26 Å². The fraction of sp³-hybridized carbons (Fsp3) is 0.438. The van der Waals surface area contributed by atoms with Crippen LogP contribution in [0.1, 0.15) is 52.0 Å². The van der Waals surface area contributed by atoms with Crippen LogP contribution < -0.4 is 10.4 Å². The zero-order chi connectivity index (χ0) is 29.4. The standard InChI is InChI=1S/C32H39N3O5Si/c1-31(2,3)41(22-14-10-8-11-15-22,23-16-12-9-13-17-23)37-20-26-29-30(40-32(4,5)39-29)28(38-26)24-19-36-25(18-33)27(24)34-21-35(6)7/h8-17,19,21,26,28-30H,20H2,1-7H3/t26-,28+,29-,30+/m1/s1. The van der Waals surface area contributed by atoms with Crippen LogP contribution in [0.5, 0.6) is 0 Å². The number of hydrogen-bond acceptors (Lipinski definition) is 7. The highest BCUT2D eigenvalue weighted by molar-refractivity contribution is 6.99. The van der Waals surface area contributed by atoms with Crippen molar-refractivity contribution < 1.29 is 23.1 Å². The van der Waals surface area contributed by atoms with Gasteiger partial charge in [0.05, 0.1) is 12.9 Å². The summed E-state index contributed by atoms with van der Waals surface area (Å²) in [6.07, 6.45) is 1.42. The van der Waals surface area contributed by atoms with Crippen molar-refractivity contribution in [3.63, 3.8) is 0 Å². The highest BCUT2D eigenvalue weighted by Crippen LogP contribution is 2.49. The first-order valence-corrected chi connectivity index (χ1v) is 15.9. The molecule has 3 aromatic rings. The Bertz CT molecular complexity index is 1370. The first kappa shape index (κ1) is 29.2. The second-order valence-corrected chi connectivity index (χ2v) is 16.6. The lowest BCUT2D eigenvalue weighted by atomic mass is 10.0. The maximum absolute atomic E-state index is 9.69. The lowest BCUT2D eigenvalue weighted by Crippen LogP contribution is -2.67. The van der Waals surface area contributed by atoms with Gasteiger partial charge in [0.15, 0.2) is 5.79 Å². The highest BCUT2D eigenvalue weighted by atomic mass is 28.4. The molecule has 3 heterocycles. The minimum atomic E-state index is -2.80. The van der Waals surface area contributed by atoms with Crippen LogP contribution in [-0.4, -0.2) is 64.4 Å². The van der Waals surface area contributed by atoms with Crippen molar-refractivity contribution in [2.75, 3.05) is 20.7 Å². The predicted octanol–water partition coefficient (Wildman–Crippen LogP) is 4.91. The molecule has 2 aliphatic heterocycles. The van der Waals surface area contributed by atoms with E-state index in [1.807, 2.05) is 40.1 Å². The summed E-state index contributed by atoms with van der Waals surface area (Å²) >= 11 is 0. The summed E-state index contributed by atoms with van der Waals surface area (Å²) in [5.74, 6) is -0.676. The lowest BCUT2D eigenvalue weighted by molar-refractivity contribution is -0.190. The van der Waals surface area contributed by atoms with Crippen molar-refractivity contribution in [2.24, 2.45) is 4.99 Å². The largest absolute Gasteiger partial charge is 0.451 e. The maximum atomic E-state index is 9.69. The van der Waals surface area contributed by atoms with Gasteiger partial charge in [-0.1, -0.05) is 81.4 Å². The van der Waals surface area contributed by atoms with Crippen LogP contribution >= 0.6 is 0 Å². The second kappa shape index (κ2) is 11.2. The number of ether oxygens (including phenoxy) is 3. The van der Waals surface area contributed by atoms with E-state index >= 15 is 0 Å². The number of benzene rings is 2. The molecule has 41 heavy (non-hydrogen) atoms. The van der Waals surface area contributed by atoms with E-state index in [4.69, 9.17) is 23.1 Å². The fourth-order valence-corrected chi connectivity index (χ4v) is 10.6. The van der Waals surface area contributed by atoms with Gasteiger partial charge < -0.3 is 28.0 Å². The first-order valence-electron chi connectivity index (χ1n) is 13.9. The molecular weight excluding hydrogens is 534 g/mol. The van der Waals surface area contributed by atoms with Gasteiger partial charge >= 0.3 is 0 Å². The monoisotopic (exact) mass is 573 g/mol. The molecule has 0 saturated carbocycles. The molecule has 2 aliphatic rings. The highest BCUT2D eigenvalue weighted by Gasteiger charge is 2.58. The van der Waals surface area contributed by atoms with Crippen LogP contribution in [0.2, 0.25) is 5.04 Å². The smallest absolute Gasteiger partial charge is 0.261 e. The lowest BCUT2D eigenvalue weighted by Gasteiger charge is -2.43. The summed E-state index contributed by atoms with van der Waals surface area (Å²) in [7, 11) is 0.932. The average Bonchev–Trinajstić information content (AvgIpc) is 3.58. The minimum Gasteiger partial charge on any atom is -0.451 e. The predicted molar refractivity (Wildman–Crippen MR) is 160 cm³/mol. The van der Waals surface area contributed by atoms with E-state index in [0.717, 1.165) is 0 Å². The number of nitrogens with zero attached hydrogens (tertiary/aromatic N) is 3. The zero-order valence-corrected chi connectivity index (χ0v) is 25.8. The van der Waals surface area contributed by atoms with Gasteiger partial charge in [-0.05, 0) is 29.3 Å². The Morgan fingerprint density at radius 1 is 1.00 bits per heavy atom. The third-order valence-corrected chi connectivity index (χ3v) is 12.7. The van der Waals surface area contributed by atoms with Crippen molar-refractivity contribution in [3.05, 3.63) is 78.3 Å². The van der Waals surface area contributed by atoms with Gasteiger partial charge in [0.25, 0.3) is 8.32 Å². The van der Waals surface area contributed by atoms with Gasteiger partial charge in [-0.25, -0.2) is 4.99 Å². The Balaban J connectivity index is 1.52. The van der Waals surface area contributed by atoms with E-state index in [1.54, 1.807) is 17.5 Å².